The average molecular weight is 268 g/mol. The van der Waals surface area contributed by atoms with Crippen molar-refractivity contribution in [2.24, 2.45) is 0 Å². The second kappa shape index (κ2) is 9.52. The summed E-state index contributed by atoms with van der Waals surface area (Å²) < 4.78 is 10.3. The lowest BCUT2D eigenvalue weighted by molar-refractivity contribution is 0.0759. The summed E-state index contributed by atoms with van der Waals surface area (Å²) in [7, 11) is 1.66. The molecule has 108 valence electrons. The average Bonchev–Trinajstić information content (AvgIpc) is 2.43. The van der Waals surface area contributed by atoms with Crippen molar-refractivity contribution < 1.29 is 9.47 Å². The van der Waals surface area contributed by atoms with Crippen LogP contribution in [0.2, 0.25) is 0 Å². The molecule has 0 amide bonds. The Morgan fingerprint density at radius 1 is 1.05 bits per heavy atom. The summed E-state index contributed by atoms with van der Waals surface area (Å²) in [5, 5.41) is 6.44. The molecule has 6 nitrogen and oxygen atoms in total. The van der Waals surface area contributed by atoms with Gasteiger partial charge in [0.05, 0.1) is 19.8 Å². The minimum Gasteiger partial charge on any atom is -0.382 e. The van der Waals surface area contributed by atoms with Gasteiger partial charge in [0.2, 0.25) is 0 Å². The fourth-order valence-corrected chi connectivity index (χ4v) is 1.51. The van der Waals surface area contributed by atoms with E-state index in [0.29, 0.717) is 19.8 Å². The molecule has 1 rings (SSSR count). The molecule has 6 heteroatoms. The van der Waals surface area contributed by atoms with Gasteiger partial charge in [-0.15, -0.1) is 0 Å². The zero-order valence-corrected chi connectivity index (χ0v) is 12.0. The van der Waals surface area contributed by atoms with Gasteiger partial charge in [-0.1, -0.05) is 6.92 Å². The van der Waals surface area contributed by atoms with Crippen molar-refractivity contribution in [2.45, 2.75) is 20.3 Å². The van der Waals surface area contributed by atoms with Crippen LogP contribution in [0.25, 0.3) is 0 Å². The molecule has 0 aliphatic rings. The predicted octanol–water partition coefficient (Wildman–Crippen LogP) is 1.55. The van der Waals surface area contributed by atoms with Crippen LogP contribution in [0.3, 0.4) is 0 Å². The predicted molar refractivity (Wildman–Crippen MR) is 76.8 cm³/mol. The maximum atomic E-state index is 5.38. The lowest BCUT2D eigenvalue weighted by Crippen LogP contribution is -2.14. The van der Waals surface area contributed by atoms with Gasteiger partial charge in [0.25, 0.3) is 0 Å². The number of ether oxygens (including phenoxy) is 2. The smallest absolute Gasteiger partial charge is 0.132 e. The Hall–Kier alpha value is -1.40. The van der Waals surface area contributed by atoms with Crippen molar-refractivity contribution >= 4 is 11.6 Å². The van der Waals surface area contributed by atoms with Gasteiger partial charge in [0, 0.05) is 32.7 Å². The first kappa shape index (κ1) is 15.7. The zero-order valence-electron chi connectivity index (χ0n) is 12.0. The highest BCUT2D eigenvalue weighted by atomic mass is 16.5. The van der Waals surface area contributed by atoms with Gasteiger partial charge < -0.3 is 20.1 Å². The standard InChI is InChI=1S/C13H24N4O2/c1-4-11-16-12(14-5-2)10-13(17-11)15-6-7-19-9-8-18-3/h10H,4-9H2,1-3H3,(H2,14,15,16,17). The highest BCUT2D eigenvalue weighted by Crippen LogP contribution is 2.11. The van der Waals surface area contributed by atoms with E-state index in [0.717, 1.165) is 37.0 Å². The third-order valence-corrected chi connectivity index (χ3v) is 2.43. The Bertz CT molecular complexity index is 360. The number of hydrogen-bond donors (Lipinski definition) is 2. The lowest BCUT2D eigenvalue weighted by atomic mass is 10.4. The van der Waals surface area contributed by atoms with E-state index in [1.807, 2.05) is 19.9 Å². The van der Waals surface area contributed by atoms with Crippen LogP contribution in [-0.2, 0) is 15.9 Å². The first-order chi connectivity index (χ1) is 9.30. The van der Waals surface area contributed by atoms with Crippen LogP contribution in [0.1, 0.15) is 19.7 Å². The van der Waals surface area contributed by atoms with Crippen LogP contribution in [-0.4, -0.2) is 50.0 Å². The van der Waals surface area contributed by atoms with Crippen LogP contribution in [0.15, 0.2) is 6.07 Å². The van der Waals surface area contributed by atoms with Gasteiger partial charge >= 0.3 is 0 Å². The maximum Gasteiger partial charge on any atom is 0.132 e. The summed E-state index contributed by atoms with van der Waals surface area (Å²) in [6.07, 6.45) is 0.818. The molecule has 0 aliphatic carbocycles. The lowest BCUT2D eigenvalue weighted by Gasteiger charge is -2.10. The normalized spacial score (nSPS) is 10.5. The minimum atomic E-state index is 0.616. The highest BCUT2D eigenvalue weighted by molar-refractivity contribution is 5.47. The fourth-order valence-electron chi connectivity index (χ4n) is 1.51. The molecule has 1 heterocycles. The van der Waals surface area contributed by atoms with E-state index in [1.54, 1.807) is 7.11 Å². The largest absolute Gasteiger partial charge is 0.382 e. The van der Waals surface area contributed by atoms with E-state index >= 15 is 0 Å². The molecule has 1 aromatic rings. The molecule has 0 aromatic carbocycles. The van der Waals surface area contributed by atoms with E-state index < -0.39 is 0 Å². The van der Waals surface area contributed by atoms with Crippen LogP contribution in [0.4, 0.5) is 11.6 Å². The molecule has 0 atom stereocenters. The molecule has 0 saturated carbocycles. The molecule has 0 bridgehead atoms. The van der Waals surface area contributed by atoms with E-state index in [1.165, 1.54) is 0 Å². The second-order valence-corrected chi connectivity index (χ2v) is 3.97. The summed E-state index contributed by atoms with van der Waals surface area (Å²) in [5.41, 5.74) is 0. The van der Waals surface area contributed by atoms with E-state index in [4.69, 9.17) is 9.47 Å². The van der Waals surface area contributed by atoms with E-state index in [-0.39, 0.29) is 0 Å². The number of hydrogen-bond acceptors (Lipinski definition) is 6. The number of methoxy groups -OCH3 is 1. The van der Waals surface area contributed by atoms with Crippen molar-refractivity contribution in [3.63, 3.8) is 0 Å². The van der Waals surface area contributed by atoms with Crippen LogP contribution in [0, 0.1) is 0 Å². The van der Waals surface area contributed by atoms with Gasteiger partial charge in [-0.3, -0.25) is 0 Å². The maximum absolute atomic E-state index is 5.38. The zero-order chi connectivity index (χ0) is 13.9. The summed E-state index contributed by atoms with van der Waals surface area (Å²) in [4.78, 5) is 8.83. The molecule has 2 N–H and O–H groups in total. The monoisotopic (exact) mass is 268 g/mol. The molecule has 0 fully saturated rings. The molecule has 0 spiro atoms. The molecular formula is C13H24N4O2. The third kappa shape index (κ3) is 6.35. The van der Waals surface area contributed by atoms with Gasteiger partial charge in [-0.05, 0) is 6.92 Å². The van der Waals surface area contributed by atoms with Crippen molar-refractivity contribution in [1.82, 2.24) is 9.97 Å². The van der Waals surface area contributed by atoms with Crippen molar-refractivity contribution in [1.29, 1.82) is 0 Å². The van der Waals surface area contributed by atoms with Crippen molar-refractivity contribution in [2.75, 3.05) is 50.7 Å². The number of aromatic nitrogens is 2. The molecule has 0 aliphatic heterocycles. The van der Waals surface area contributed by atoms with E-state index in [9.17, 15) is 0 Å². The quantitative estimate of drug-likeness (QED) is 0.627. The van der Waals surface area contributed by atoms with Gasteiger partial charge in [0.1, 0.15) is 17.5 Å². The van der Waals surface area contributed by atoms with E-state index in [2.05, 4.69) is 20.6 Å². The van der Waals surface area contributed by atoms with Crippen LogP contribution < -0.4 is 10.6 Å². The molecule has 0 saturated heterocycles. The van der Waals surface area contributed by atoms with Gasteiger partial charge in [0.15, 0.2) is 0 Å². The summed E-state index contributed by atoms with van der Waals surface area (Å²) in [6.45, 7) is 7.52. The fraction of sp³-hybridized carbons (Fsp3) is 0.692. The Kier molecular flexibility index (Phi) is 7.84. The van der Waals surface area contributed by atoms with Crippen LogP contribution >= 0.6 is 0 Å². The number of rotatable bonds is 10. The number of nitrogens with one attached hydrogen (secondary N) is 2. The molecule has 1 aromatic heterocycles. The second-order valence-electron chi connectivity index (χ2n) is 3.97. The molecule has 0 unspecified atom stereocenters. The SMILES string of the molecule is CCNc1cc(NCCOCCOC)nc(CC)n1. The number of anilines is 2. The van der Waals surface area contributed by atoms with Gasteiger partial charge in [-0.2, -0.15) is 0 Å². The third-order valence-electron chi connectivity index (χ3n) is 2.43. The first-order valence-corrected chi connectivity index (χ1v) is 6.72. The Morgan fingerprint density at radius 2 is 1.79 bits per heavy atom. The summed E-state index contributed by atoms with van der Waals surface area (Å²) in [6, 6.07) is 1.91. The van der Waals surface area contributed by atoms with Gasteiger partial charge in [-0.25, -0.2) is 9.97 Å². The van der Waals surface area contributed by atoms with Crippen molar-refractivity contribution in [3.05, 3.63) is 11.9 Å². The first-order valence-electron chi connectivity index (χ1n) is 6.72. The molecular weight excluding hydrogens is 244 g/mol. The topological polar surface area (TPSA) is 68.3 Å². The summed E-state index contributed by atoms with van der Waals surface area (Å²) in [5.74, 6) is 2.52. The van der Waals surface area contributed by atoms with Crippen LogP contribution in [0.5, 0.6) is 0 Å². The Labute approximate surface area is 114 Å². The Balaban J connectivity index is 2.41. The molecule has 0 radical (unpaired) electrons. The summed E-state index contributed by atoms with van der Waals surface area (Å²) >= 11 is 0. The van der Waals surface area contributed by atoms with Crippen molar-refractivity contribution in [3.8, 4) is 0 Å². The number of nitrogens with zero attached hydrogens (tertiary/aromatic N) is 2. The minimum absolute atomic E-state index is 0.616. The highest BCUT2D eigenvalue weighted by Gasteiger charge is 2.02. The Morgan fingerprint density at radius 3 is 2.42 bits per heavy atom. The molecule has 19 heavy (non-hydrogen) atoms. The number of aryl methyl sites for hydroxylation is 1.